The van der Waals surface area contributed by atoms with Crippen molar-refractivity contribution in [3.63, 3.8) is 0 Å². The molecule has 1 atom stereocenters. The maximum Gasteiger partial charge on any atom is 0.292 e. The van der Waals surface area contributed by atoms with E-state index in [1.807, 2.05) is 0 Å². The predicted molar refractivity (Wildman–Crippen MR) is 79.4 cm³/mol. The second kappa shape index (κ2) is 7.61. The standard InChI is InChI=1S/C14H23N3O2/c1-3-4-5-6-7-11(2)16-12-8-9-14(17(18)19)13(15)10-12/h8-11,16H,3-7,15H2,1-2H3. The van der Waals surface area contributed by atoms with E-state index < -0.39 is 4.92 Å². The number of nitrogens with one attached hydrogen (secondary N) is 1. The number of anilines is 2. The lowest BCUT2D eigenvalue weighted by Crippen LogP contribution is -2.15. The first-order chi connectivity index (χ1) is 9.04. The number of benzene rings is 1. The third-order valence-corrected chi connectivity index (χ3v) is 3.13. The molecule has 0 aliphatic rings. The molecule has 0 aromatic heterocycles. The molecule has 0 saturated carbocycles. The summed E-state index contributed by atoms with van der Waals surface area (Å²) < 4.78 is 0. The highest BCUT2D eigenvalue weighted by atomic mass is 16.6. The molecule has 0 saturated heterocycles. The Morgan fingerprint density at radius 2 is 2.11 bits per heavy atom. The lowest BCUT2D eigenvalue weighted by atomic mass is 10.1. The van der Waals surface area contributed by atoms with Crippen LogP contribution in [0.4, 0.5) is 17.1 Å². The first-order valence-electron chi connectivity index (χ1n) is 6.85. The average Bonchev–Trinajstić information content (AvgIpc) is 2.34. The van der Waals surface area contributed by atoms with Gasteiger partial charge in [0.2, 0.25) is 0 Å². The minimum atomic E-state index is -0.465. The molecule has 0 bridgehead atoms. The van der Waals surface area contributed by atoms with Gasteiger partial charge in [-0.1, -0.05) is 32.6 Å². The molecule has 0 aliphatic heterocycles. The van der Waals surface area contributed by atoms with E-state index in [9.17, 15) is 10.1 Å². The predicted octanol–water partition coefficient (Wildman–Crippen LogP) is 3.95. The number of rotatable bonds is 8. The molecule has 5 heteroatoms. The fraction of sp³-hybridized carbons (Fsp3) is 0.571. The topological polar surface area (TPSA) is 81.2 Å². The maximum absolute atomic E-state index is 10.7. The van der Waals surface area contributed by atoms with E-state index in [0.717, 1.165) is 12.1 Å². The second-order valence-corrected chi connectivity index (χ2v) is 4.93. The van der Waals surface area contributed by atoms with Crippen molar-refractivity contribution in [2.75, 3.05) is 11.1 Å². The van der Waals surface area contributed by atoms with Gasteiger partial charge in [0.05, 0.1) is 4.92 Å². The lowest BCUT2D eigenvalue weighted by Gasteiger charge is -2.15. The highest BCUT2D eigenvalue weighted by Gasteiger charge is 2.11. The Labute approximate surface area is 114 Å². The fourth-order valence-electron chi connectivity index (χ4n) is 2.04. The molecule has 106 valence electrons. The quantitative estimate of drug-likeness (QED) is 0.323. The number of nitrogens with two attached hydrogens (primary N) is 1. The van der Waals surface area contributed by atoms with Crippen LogP contribution >= 0.6 is 0 Å². The van der Waals surface area contributed by atoms with Gasteiger partial charge in [-0.15, -0.1) is 0 Å². The number of hydrogen-bond acceptors (Lipinski definition) is 4. The lowest BCUT2D eigenvalue weighted by molar-refractivity contribution is -0.383. The molecule has 0 spiro atoms. The van der Waals surface area contributed by atoms with Crippen molar-refractivity contribution in [3.8, 4) is 0 Å². The minimum Gasteiger partial charge on any atom is -0.393 e. The van der Waals surface area contributed by atoms with Crippen LogP contribution in [0, 0.1) is 10.1 Å². The van der Waals surface area contributed by atoms with Crippen LogP contribution in [0.3, 0.4) is 0 Å². The van der Waals surface area contributed by atoms with Crippen molar-refractivity contribution < 1.29 is 4.92 Å². The van der Waals surface area contributed by atoms with Crippen LogP contribution < -0.4 is 11.1 Å². The number of nitro groups is 1. The molecule has 1 unspecified atom stereocenters. The molecule has 1 rings (SSSR count). The summed E-state index contributed by atoms with van der Waals surface area (Å²) in [5.41, 5.74) is 6.66. The first kappa shape index (κ1) is 15.3. The van der Waals surface area contributed by atoms with Crippen molar-refractivity contribution in [2.24, 2.45) is 0 Å². The van der Waals surface area contributed by atoms with Crippen LogP contribution in [0.1, 0.15) is 46.0 Å². The van der Waals surface area contributed by atoms with E-state index in [-0.39, 0.29) is 11.4 Å². The zero-order chi connectivity index (χ0) is 14.3. The molecule has 1 aromatic rings. The summed E-state index contributed by atoms with van der Waals surface area (Å²) in [5, 5.41) is 14.0. The Morgan fingerprint density at radius 3 is 2.68 bits per heavy atom. The van der Waals surface area contributed by atoms with E-state index in [4.69, 9.17) is 5.73 Å². The van der Waals surface area contributed by atoms with Gasteiger partial charge in [-0.05, 0) is 25.5 Å². The molecule has 1 aromatic carbocycles. The van der Waals surface area contributed by atoms with Gasteiger partial charge in [0.1, 0.15) is 5.69 Å². The van der Waals surface area contributed by atoms with Crippen LogP contribution in [0.25, 0.3) is 0 Å². The monoisotopic (exact) mass is 265 g/mol. The Kier molecular flexibility index (Phi) is 6.12. The molecule has 19 heavy (non-hydrogen) atoms. The summed E-state index contributed by atoms with van der Waals surface area (Å²) in [4.78, 5) is 10.2. The Hall–Kier alpha value is -1.78. The number of nitrogens with zero attached hydrogens (tertiary/aromatic N) is 1. The smallest absolute Gasteiger partial charge is 0.292 e. The van der Waals surface area contributed by atoms with Crippen LogP contribution in [-0.2, 0) is 0 Å². The highest BCUT2D eigenvalue weighted by molar-refractivity contribution is 5.65. The Balaban J connectivity index is 2.48. The summed E-state index contributed by atoms with van der Waals surface area (Å²) in [6, 6.07) is 5.12. The van der Waals surface area contributed by atoms with Gasteiger partial charge in [-0.25, -0.2) is 0 Å². The van der Waals surface area contributed by atoms with Gasteiger partial charge >= 0.3 is 0 Å². The van der Waals surface area contributed by atoms with E-state index in [1.54, 1.807) is 12.1 Å². The summed E-state index contributed by atoms with van der Waals surface area (Å²) in [5.74, 6) is 0. The van der Waals surface area contributed by atoms with Crippen molar-refractivity contribution in [2.45, 2.75) is 52.0 Å². The Morgan fingerprint density at radius 1 is 1.37 bits per heavy atom. The Bertz CT molecular complexity index is 421. The third kappa shape index (κ3) is 5.16. The van der Waals surface area contributed by atoms with Gasteiger partial charge in [0, 0.05) is 17.8 Å². The van der Waals surface area contributed by atoms with E-state index >= 15 is 0 Å². The molecule has 0 radical (unpaired) electrons. The van der Waals surface area contributed by atoms with Crippen molar-refractivity contribution >= 4 is 17.1 Å². The van der Waals surface area contributed by atoms with Crippen LogP contribution in [-0.4, -0.2) is 11.0 Å². The first-order valence-corrected chi connectivity index (χ1v) is 6.85. The van der Waals surface area contributed by atoms with Gasteiger partial charge < -0.3 is 11.1 Å². The molecule has 0 aliphatic carbocycles. The van der Waals surface area contributed by atoms with Crippen LogP contribution in [0.5, 0.6) is 0 Å². The molecule has 0 heterocycles. The summed E-state index contributed by atoms with van der Waals surface area (Å²) in [6.07, 6.45) is 6.06. The van der Waals surface area contributed by atoms with Gasteiger partial charge in [-0.2, -0.15) is 0 Å². The molecular weight excluding hydrogens is 242 g/mol. The number of nitrogen functional groups attached to an aromatic ring is 1. The second-order valence-electron chi connectivity index (χ2n) is 4.93. The van der Waals surface area contributed by atoms with Crippen LogP contribution in [0.15, 0.2) is 18.2 Å². The SMILES string of the molecule is CCCCCCC(C)Nc1ccc([N+](=O)[O-])c(N)c1. The number of nitro benzene ring substituents is 1. The molecule has 5 nitrogen and oxygen atoms in total. The number of hydrogen-bond donors (Lipinski definition) is 2. The van der Waals surface area contributed by atoms with E-state index in [2.05, 4.69) is 19.2 Å². The number of unbranched alkanes of at least 4 members (excludes halogenated alkanes) is 3. The van der Waals surface area contributed by atoms with Gasteiger partial charge in [-0.3, -0.25) is 10.1 Å². The average molecular weight is 265 g/mol. The van der Waals surface area contributed by atoms with E-state index in [1.165, 1.54) is 31.7 Å². The van der Waals surface area contributed by atoms with E-state index in [0.29, 0.717) is 6.04 Å². The van der Waals surface area contributed by atoms with Crippen LogP contribution in [0.2, 0.25) is 0 Å². The highest BCUT2D eigenvalue weighted by Crippen LogP contribution is 2.25. The minimum absolute atomic E-state index is 0.0406. The van der Waals surface area contributed by atoms with Crippen molar-refractivity contribution in [3.05, 3.63) is 28.3 Å². The summed E-state index contributed by atoms with van der Waals surface area (Å²) >= 11 is 0. The summed E-state index contributed by atoms with van der Waals surface area (Å²) in [7, 11) is 0. The zero-order valence-electron chi connectivity index (χ0n) is 11.7. The van der Waals surface area contributed by atoms with Crippen molar-refractivity contribution in [1.82, 2.24) is 0 Å². The fourth-order valence-corrected chi connectivity index (χ4v) is 2.04. The molecule has 3 N–H and O–H groups in total. The largest absolute Gasteiger partial charge is 0.393 e. The van der Waals surface area contributed by atoms with Gasteiger partial charge in [0.15, 0.2) is 0 Å². The maximum atomic E-state index is 10.7. The third-order valence-electron chi connectivity index (χ3n) is 3.13. The molecular formula is C14H23N3O2. The normalized spacial score (nSPS) is 12.1. The van der Waals surface area contributed by atoms with Gasteiger partial charge in [0.25, 0.3) is 5.69 Å². The zero-order valence-corrected chi connectivity index (χ0v) is 11.7. The summed E-state index contributed by atoms with van der Waals surface area (Å²) in [6.45, 7) is 4.31. The molecule has 0 fully saturated rings. The van der Waals surface area contributed by atoms with Crippen molar-refractivity contribution in [1.29, 1.82) is 0 Å². The molecule has 0 amide bonds.